The Kier molecular flexibility index (Phi) is 4.24. The van der Waals surface area contributed by atoms with Crippen molar-refractivity contribution in [3.8, 4) is 0 Å². The number of hydrogen-bond donors (Lipinski definition) is 4. The van der Waals surface area contributed by atoms with Gasteiger partial charge in [-0.25, -0.2) is 4.79 Å². The van der Waals surface area contributed by atoms with Crippen LogP contribution >= 0.6 is 0 Å². The summed E-state index contributed by atoms with van der Waals surface area (Å²) >= 11 is 0. The van der Waals surface area contributed by atoms with Crippen molar-refractivity contribution in [2.45, 2.75) is 12.5 Å². The fraction of sp³-hybridized carbons (Fsp3) is 0.500. The Labute approximate surface area is 63.2 Å². The van der Waals surface area contributed by atoms with E-state index in [1.165, 1.54) is 0 Å². The maximum absolute atomic E-state index is 9.94. The van der Waals surface area contributed by atoms with Gasteiger partial charge in [0.05, 0.1) is 12.7 Å². The molecule has 0 aliphatic carbocycles. The lowest BCUT2D eigenvalue weighted by atomic mass is 10.2. The average Bonchev–Trinajstić information content (AvgIpc) is 1.99. The second-order valence-electron chi connectivity index (χ2n) is 1.97. The first-order valence-electron chi connectivity index (χ1n) is 2.99. The molecule has 64 valence electrons. The molecule has 0 aromatic rings. The summed E-state index contributed by atoms with van der Waals surface area (Å²) in [5, 5.41) is 33.6. The third kappa shape index (κ3) is 4.35. The van der Waals surface area contributed by atoms with Gasteiger partial charge in [0, 0.05) is 0 Å². The Hall–Kier alpha value is -1.07. The normalized spacial score (nSPS) is 14.5. The standard InChI is InChI=1S/C6H10O5/c7-3-4(8)1-2-5(9)6(10)11/h2,4,7-9H,1,3H2,(H,10,11). The monoisotopic (exact) mass is 162 g/mol. The first kappa shape index (κ1) is 9.93. The third-order valence-corrected chi connectivity index (χ3v) is 1.01. The van der Waals surface area contributed by atoms with Crippen LogP contribution < -0.4 is 0 Å². The van der Waals surface area contributed by atoms with E-state index in [-0.39, 0.29) is 6.42 Å². The molecule has 0 saturated carbocycles. The van der Waals surface area contributed by atoms with E-state index in [1.54, 1.807) is 0 Å². The summed E-state index contributed by atoms with van der Waals surface area (Å²) in [7, 11) is 0. The Morgan fingerprint density at radius 1 is 1.45 bits per heavy atom. The number of rotatable bonds is 4. The molecule has 0 aromatic heterocycles. The highest BCUT2D eigenvalue weighted by Crippen LogP contribution is 1.96. The molecule has 0 spiro atoms. The van der Waals surface area contributed by atoms with Crippen molar-refractivity contribution in [1.82, 2.24) is 0 Å². The van der Waals surface area contributed by atoms with E-state index in [0.717, 1.165) is 6.08 Å². The smallest absolute Gasteiger partial charge is 0.370 e. The van der Waals surface area contributed by atoms with E-state index in [9.17, 15) is 4.79 Å². The predicted molar refractivity (Wildman–Crippen MR) is 36.1 cm³/mol. The Bertz CT molecular complexity index is 162. The third-order valence-electron chi connectivity index (χ3n) is 1.01. The van der Waals surface area contributed by atoms with Gasteiger partial charge in [-0.2, -0.15) is 0 Å². The lowest BCUT2D eigenvalue weighted by molar-refractivity contribution is -0.135. The van der Waals surface area contributed by atoms with Crippen molar-refractivity contribution >= 4 is 5.97 Å². The number of aliphatic hydroxyl groups is 3. The molecule has 5 nitrogen and oxygen atoms in total. The number of carboxylic acid groups (broad SMARTS) is 1. The van der Waals surface area contributed by atoms with E-state index in [1.807, 2.05) is 0 Å². The van der Waals surface area contributed by atoms with Crippen molar-refractivity contribution in [3.05, 3.63) is 11.8 Å². The largest absolute Gasteiger partial charge is 0.502 e. The van der Waals surface area contributed by atoms with Crippen LogP contribution in [0.25, 0.3) is 0 Å². The molecule has 0 saturated heterocycles. The lowest BCUT2D eigenvalue weighted by Crippen LogP contribution is -2.11. The topological polar surface area (TPSA) is 98.0 Å². The van der Waals surface area contributed by atoms with Gasteiger partial charge in [-0.15, -0.1) is 0 Å². The molecular weight excluding hydrogens is 152 g/mol. The van der Waals surface area contributed by atoms with Crippen LogP contribution in [0.2, 0.25) is 0 Å². The van der Waals surface area contributed by atoms with Crippen LogP contribution in [0.4, 0.5) is 0 Å². The van der Waals surface area contributed by atoms with E-state index < -0.39 is 24.4 Å². The molecule has 0 bridgehead atoms. The van der Waals surface area contributed by atoms with Gasteiger partial charge in [0.2, 0.25) is 0 Å². The molecule has 1 unspecified atom stereocenters. The summed E-state index contributed by atoms with van der Waals surface area (Å²) in [5.74, 6) is -2.27. The number of hydrogen-bond acceptors (Lipinski definition) is 4. The zero-order valence-corrected chi connectivity index (χ0v) is 5.77. The number of aliphatic carboxylic acids is 1. The van der Waals surface area contributed by atoms with Crippen LogP contribution in [0.1, 0.15) is 6.42 Å². The summed E-state index contributed by atoms with van der Waals surface area (Å²) in [6, 6.07) is 0. The number of aliphatic hydroxyl groups excluding tert-OH is 3. The zero-order valence-electron chi connectivity index (χ0n) is 5.77. The quantitative estimate of drug-likeness (QED) is 0.322. The first-order valence-corrected chi connectivity index (χ1v) is 2.99. The maximum atomic E-state index is 9.94. The molecule has 0 rings (SSSR count). The Morgan fingerprint density at radius 3 is 2.36 bits per heavy atom. The molecule has 0 aliphatic heterocycles. The van der Waals surface area contributed by atoms with Crippen LogP contribution in [-0.2, 0) is 4.79 Å². The van der Waals surface area contributed by atoms with Crippen LogP contribution in [0, 0.1) is 0 Å². The van der Waals surface area contributed by atoms with Gasteiger partial charge >= 0.3 is 5.97 Å². The van der Waals surface area contributed by atoms with Gasteiger partial charge in [-0.1, -0.05) is 0 Å². The summed E-state index contributed by atoms with van der Waals surface area (Å²) < 4.78 is 0. The van der Waals surface area contributed by atoms with Crippen LogP contribution in [0.5, 0.6) is 0 Å². The SMILES string of the molecule is O=C(O)C(O)=CCC(O)CO. The minimum Gasteiger partial charge on any atom is -0.502 e. The first-order chi connectivity index (χ1) is 5.07. The second-order valence-corrected chi connectivity index (χ2v) is 1.97. The van der Waals surface area contributed by atoms with Crippen molar-refractivity contribution in [2.75, 3.05) is 6.61 Å². The van der Waals surface area contributed by atoms with Crippen molar-refractivity contribution < 1.29 is 25.2 Å². The van der Waals surface area contributed by atoms with E-state index >= 15 is 0 Å². The molecule has 4 N–H and O–H groups in total. The molecule has 0 heterocycles. The van der Waals surface area contributed by atoms with E-state index in [0.29, 0.717) is 0 Å². The van der Waals surface area contributed by atoms with Crippen LogP contribution in [0.15, 0.2) is 11.8 Å². The molecule has 11 heavy (non-hydrogen) atoms. The zero-order chi connectivity index (χ0) is 8.85. The molecule has 0 aromatic carbocycles. The van der Waals surface area contributed by atoms with Gasteiger partial charge in [0.15, 0.2) is 5.76 Å². The molecule has 0 aliphatic rings. The summed E-state index contributed by atoms with van der Waals surface area (Å²) in [5.41, 5.74) is 0. The molecule has 5 heteroatoms. The van der Waals surface area contributed by atoms with Gasteiger partial charge in [-0.05, 0) is 12.5 Å². The van der Waals surface area contributed by atoms with Crippen LogP contribution in [-0.4, -0.2) is 39.1 Å². The summed E-state index contributed by atoms with van der Waals surface area (Å²) in [6.07, 6.45) is -0.158. The molecule has 0 fully saturated rings. The number of carbonyl (C=O) groups is 1. The molecule has 0 amide bonds. The minimum atomic E-state index is -1.45. The van der Waals surface area contributed by atoms with Gasteiger partial charge < -0.3 is 20.4 Å². The van der Waals surface area contributed by atoms with Gasteiger partial charge in [-0.3, -0.25) is 0 Å². The molecular formula is C6H10O5. The number of carboxylic acids is 1. The van der Waals surface area contributed by atoms with Crippen LogP contribution in [0.3, 0.4) is 0 Å². The summed E-state index contributed by atoms with van der Waals surface area (Å²) in [4.78, 5) is 9.94. The highest BCUT2D eigenvalue weighted by Gasteiger charge is 2.05. The summed E-state index contributed by atoms with van der Waals surface area (Å²) in [6.45, 7) is -0.455. The predicted octanol–water partition coefficient (Wildman–Crippen LogP) is -0.744. The lowest BCUT2D eigenvalue weighted by Gasteiger charge is -2.01. The minimum absolute atomic E-state index is 0.0748. The van der Waals surface area contributed by atoms with Crippen molar-refractivity contribution in [3.63, 3.8) is 0 Å². The van der Waals surface area contributed by atoms with E-state index in [2.05, 4.69) is 0 Å². The van der Waals surface area contributed by atoms with Gasteiger partial charge in [0.25, 0.3) is 0 Å². The average molecular weight is 162 g/mol. The molecule has 1 atom stereocenters. The fourth-order valence-electron chi connectivity index (χ4n) is 0.410. The molecule has 0 radical (unpaired) electrons. The van der Waals surface area contributed by atoms with Crippen molar-refractivity contribution in [2.24, 2.45) is 0 Å². The Morgan fingerprint density at radius 2 is 2.00 bits per heavy atom. The van der Waals surface area contributed by atoms with Crippen molar-refractivity contribution in [1.29, 1.82) is 0 Å². The second kappa shape index (κ2) is 4.70. The Balaban J connectivity index is 3.82. The highest BCUT2D eigenvalue weighted by atomic mass is 16.4. The van der Waals surface area contributed by atoms with Gasteiger partial charge in [0.1, 0.15) is 0 Å². The fourth-order valence-corrected chi connectivity index (χ4v) is 0.410. The maximum Gasteiger partial charge on any atom is 0.370 e. The highest BCUT2D eigenvalue weighted by molar-refractivity contribution is 5.83. The van der Waals surface area contributed by atoms with E-state index in [4.69, 9.17) is 20.4 Å².